The normalized spacial score (nSPS) is 15.2. The van der Waals surface area contributed by atoms with Crippen molar-refractivity contribution in [1.29, 1.82) is 0 Å². The molecule has 138 valence electrons. The number of hydrogen-bond acceptors (Lipinski definition) is 8. The lowest BCUT2D eigenvalue weighted by Gasteiger charge is -2.30. The van der Waals surface area contributed by atoms with Crippen LogP contribution in [0.1, 0.15) is 12.8 Å². The zero-order valence-electron chi connectivity index (χ0n) is 14.0. The Kier molecular flexibility index (Phi) is 5.72. The smallest absolute Gasteiger partial charge is 0.308 e. The first kappa shape index (κ1) is 18.6. The third kappa shape index (κ3) is 4.13. The van der Waals surface area contributed by atoms with Crippen LogP contribution in [-0.4, -0.2) is 52.6 Å². The van der Waals surface area contributed by atoms with Gasteiger partial charge in [-0.2, -0.15) is 0 Å². The van der Waals surface area contributed by atoms with E-state index in [1.165, 1.54) is 42.3 Å². The quantitative estimate of drug-likeness (QED) is 0.332. The van der Waals surface area contributed by atoms with Gasteiger partial charge in [0.1, 0.15) is 0 Å². The fraction of sp³-hybridized carbons (Fsp3) is 0.438. The van der Waals surface area contributed by atoms with E-state index in [0.717, 1.165) is 4.70 Å². The number of hydrogen-bond donors (Lipinski definition) is 0. The van der Waals surface area contributed by atoms with Gasteiger partial charge in [-0.15, -0.1) is 11.3 Å². The van der Waals surface area contributed by atoms with E-state index in [0.29, 0.717) is 35.8 Å². The van der Waals surface area contributed by atoms with E-state index in [9.17, 15) is 19.7 Å². The van der Waals surface area contributed by atoms with E-state index in [1.807, 2.05) is 0 Å². The van der Waals surface area contributed by atoms with E-state index in [2.05, 4.69) is 4.98 Å². The highest BCUT2D eigenvalue weighted by Gasteiger charge is 2.27. The van der Waals surface area contributed by atoms with Gasteiger partial charge in [-0.05, 0) is 18.9 Å². The molecule has 2 heterocycles. The van der Waals surface area contributed by atoms with Crippen LogP contribution in [0.25, 0.3) is 10.2 Å². The van der Waals surface area contributed by atoms with Gasteiger partial charge in [0, 0.05) is 25.2 Å². The van der Waals surface area contributed by atoms with Gasteiger partial charge in [-0.1, -0.05) is 11.8 Å². The Morgan fingerprint density at radius 1 is 1.42 bits per heavy atom. The van der Waals surface area contributed by atoms with Crippen molar-refractivity contribution in [2.45, 2.75) is 17.2 Å². The number of likely N-dealkylation sites (tertiary alicyclic amines) is 1. The third-order valence-corrected chi connectivity index (χ3v) is 6.41. The van der Waals surface area contributed by atoms with Crippen molar-refractivity contribution >= 4 is 50.9 Å². The first-order valence-corrected chi connectivity index (χ1v) is 9.81. The zero-order chi connectivity index (χ0) is 18.7. The highest BCUT2D eigenvalue weighted by Crippen LogP contribution is 2.32. The predicted octanol–water partition coefficient (Wildman–Crippen LogP) is 2.71. The number of carbonyl (C=O) groups excluding carboxylic acids is 2. The van der Waals surface area contributed by atoms with Crippen molar-refractivity contribution in [3.63, 3.8) is 0 Å². The molecule has 26 heavy (non-hydrogen) atoms. The largest absolute Gasteiger partial charge is 0.469 e. The Bertz CT molecular complexity index is 846. The summed E-state index contributed by atoms with van der Waals surface area (Å²) in [5.74, 6) is -0.0829. The molecule has 0 atom stereocenters. The maximum absolute atomic E-state index is 12.4. The topological polar surface area (TPSA) is 103 Å². The lowest BCUT2D eigenvalue weighted by molar-refractivity contribution is -0.384. The SMILES string of the molecule is COC(=O)C1CCN(C(=O)CSc2nc3ccc([N+](=O)[O-])cc3s2)CC1. The Morgan fingerprint density at radius 3 is 2.81 bits per heavy atom. The molecule has 2 aromatic rings. The highest BCUT2D eigenvalue weighted by atomic mass is 32.2. The maximum Gasteiger partial charge on any atom is 0.308 e. The van der Waals surface area contributed by atoms with Gasteiger partial charge in [0.05, 0.1) is 33.9 Å². The van der Waals surface area contributed by atoms with Crippen molar-refractivity contribution in [1.82, 2.24) is 9.88 Å². The van der Waals surface area contributed by atoms with Crippen LogP contribution in [0.15, 0.2) is 22.5 Å². The molecule has 8 nitrogen and oxygen atoms in total. The van der Waals surface area contributed by atoms with E-state index in [-0.39, 0.29) is 29.2 Å². The van der Waals surface area contributed by atoms with Crippen molar-refractivity contribution in [3.05, 3.63) is 28.3 Å². The Morgan fingerprint density at radius 2 is 2.15 bits per heavy atom. The molecule has 10 heteroatoms. The molecule has 1 saturated heterocycles. The number of esters is 1. The van der Waals surface area contributed by atoms with Gasteiger partial charge >= 0.3 is 5.97 Å². The minimum atomic E-state index is -0.437. The van der Waals surface area contributed by atoms with Crippen molar-refractivity contribution in [2.24, 2.45) is 5.92 Å². The van der Waals surface area contributed by atoms with Crippen LogP contribution in [0.4, 0.5) is 5.69 Å². The number of amides is 1. The lowest BCUT2D eigenvalue weighted by Crippen LogP contribution is -2.41. The van der Waals surface area contributed by atoms with Gasteiger partial charge in [0.25, 0.3) is 5.69 Å². The molecule has 0 unspecified atom stereocenters. The Balaban J connectivity index is 1.55. The van der Waals surface area contributed by atoms with E-state index in [1.54, 1.807) is 11.0 Å². The second kappa shape index (κ2) is 8.00. The fourth-order valence-electron chi connectivity index (χ4n) is 2.81. The fourth-order valence-corrected chi connectivity index (χ4v) is 4.82. The van der Waals surface area contributed by atoms with Crippen LogP contribution in [0.2, 0.25) is 0 Å². The number of nitrogens with zero attached hydrogens (tertiary/aromatic N) is 3. The van der Waals surface area contributed by atoms with Crippen LogP contribution in [-0.2, 0) is 14.3 Å². The number of rotatable bonds is 5. The number of carbonyl (C=O) groups is 2. The Labute approximate surface area is 157 Å². The average molecular weight is 395 g/mol. The molecule has 1 aliphatic rings. The minimum Gasteiger partial charge on any atom is -0.469 e. The summed E-state index contributed by atoms with van der Waals surface area (Å²) in [5, 5.41) is 10.8. The summed E-state index contributed by atoms with van der Waals surface area (Å²) in [6.07, 6.45) is 1.24. The van der Waals surface area contributed by atoms with Crippen LogP contribution < -0.4 is 0 Å². The molecule has 1 amide bonds. The van der Waals surface area contributed by atoms with E-state index < -0.39 is 4.92 Å². The minimum absolute atomic E-state index is 0.00329. The lowest BCUT2D eigenvalue weighted by atomic mass is 9.97. The summed E-state index contributed by atoms with van der Waals surface area (Å²) in [5.41, 5.74) is 0.719. The predicted molar refractivity (Wildman–Crippen MR) is 98.3 cm³/mol. The molecule has 0 bridgehead atoms. The van der Waals surface area contributed by atoms with Crippen LogP contribution in [0.3, 0.4) is 0 Å². The number of thioether (sulfide) groups is 1. The van der Waals surface area contributed by atoms with E-state index in [4.69, 9.17) is 4.74 Å². The second-order valence-corrected chi connectivity index (χ2v) is 8.11. The molecule has 1 fully saturated rings. The number of benzene rings is 1. The summed E-state index contributed by atoms with van der Waals surface area (Å²) in [6, 6.07) is 4.54. The molecule has 3 rings (SSSR count). The summed E-state index contributed by atoms with van der Waals surface area (Å²) in [4.78, 5) is 40.4. The van der Waals surface area contributed by atoms with E-state index >= 15 is 0 Å². The van der Waals surface area contributed by atoms with Crippen molar-refractivity contribution in [2.75, 3.05) is 26.0 Å². The standard InChI is InChI=1S/C16H17N3O5S2/c1-24-15(21)10-4-6-18(7-5-10)14(20)9-25-16-17-12-3-2-11(19(22)23)8-13(12)26-16/h2-3,8,10H,4-7,9H2,1H3. The van der Waals surface area contributed by atoms with Gasteiger partial charge in [0.15, 0.2) is 4.34 Å². The molecule has 1 aliphatic heterocycles. The van der Waals surface area contributed by atoms with Gasteiger partial charge in [-0.25, -0.2) is 4.98 Å². The molecule has 1 aromatic heterocycles. The summed E-state index contributed by atoms with van der Waals surface area (Å²) < 4.78 is 6.18. The molecule has 0 spiro atoms. The van der Waals surface area contributed by atoms with Crippen LogP contribution in [0.5, 0.6) is 0 Å². The molecular weight excluding hydrogens is 378 g/mol. The first-order chi connectivity index (χ1) is 12.5. The van der Waals surface area contributed by atoms with Gasteiger partial charge in [0.2, 0.25) is 5.91 Å². The number of nitro benzene ring substituents is 1. The molecule has 0 saturated carbocycles. The number of ether oxygens (including phenoxy) is 1. The third-order valence-electron chi connectivity index (χ3n) is 4.26. The number of non-ortho nitro benzene ring substituents is 1. The number of aromatic nitrogens is 1. The zero-order valence-corrected chi connectivity index (χ0v) is 15.7. The van der Waals surface area contributed by atoms with Crippen molar-refractivity contribution in [3.8, 4) is 0 Å². The number of piperidine rings is 1. The molecule has 0 N–H and O–H groups in total. The number of fused-ring (bicyclic) bond motifs is 1. The first-order valence-electron chi connectivity index (χ1n) is 8.01. The summed E-state index contributed by atoms with van der Waals surface area (Å²) >= 11 is 2.67. The summed E-state index contributed by atoms with van der Waals surface area (Å²) in [6.45, 7) is 1.09. The monoisotopic (exact) mass is 395 g/mol. The number of nitro groups is 1. The Hall–Kier alpha value is -2.20. The molecular formula is C16H17N3O5S2. The molecule has 0 radical (unpaired) electrons. The number of thiazole rings is 1. The second-order valence-electron chi connectivity index (χ2n) is 5.86. The highest BCUT2D eigenvalue weighted by molar-refractivity contribution is 8.01. The van der Waals surface area contributed by atoms with Gasteiger partial charge in [-0.3, -0.25) is 19.7 Å². The summed E-state index contributed by atoms with van der Waals surface area (Å²) in [7, 11) is 1.38. The van der Waals surface area contributed by atoms with Crippen molar-refractivity contribution < 1.29 is 19.2 Å². The molecule has 1 aromatic carbocycles. The number of methoxy groups -OCH3 is 1. The maximum atomic E-state index is 12.4. The average Bonchev–Trinajstić information content (AvgIpc) is 3.07. The van der Waals surface area contributed by atoms with Crippen LogP contribution in [0, 0.1) is 16.0 Å². The molecule has 0 aliphatic carbocycles. The van der Waals surface area contributed by atoms with Gasteiger partial charge < -0.3 is 9.64 Å². The van der Waals surface area contributed by atoms with Crippen LogP contribution >= 0.6 is 23.1 Å².